The lowest BCUT2D eigenvalue weighted by Crippen LogP contribution is -2.31. The van der Waals surface area contributed by atoms with Gasteiger partial charge >= 0.3 is 12.1 Å². The number of halogens is 3. The molecule has 0 unspecified atom stereocenters. The summed E-state index contributed by atoms with van der Waals surface area (Å²) in [6.45, 7) is -1.21. The molecule has 0 saturated carbocycles. The molecule has 1 heterocycles. The second-order valence-corrected chi connectivity index (χ2v) is 3.17. The Bertz CT molecular complexity index is 393. The van der Waals surface area contributed by atoms with E-state index in [-0.39, 0.29) is 11.3 Å². The predicted molar refractivity (Wildman–Crippen MR) is 50.5 cm³/mol. The zero-order valence-electron chi connectivity index (χ0n) is 8.32. The molecule has 16 heavy (non-hydrogen) atoms. The van der Waals surface area contributed by atoms with Crippen molar-refractivity contribution < 1.29 is 23.1 Å². The molecule has 0 aliphatic heterocycles. The minimum atomic E-state index is -4.38. The van der Waals surface area contributed by atoms with Crippen molar-refractivity contribution in [2.45, 2.75) is 6.18 Å². The third kappa shape index (κ3) is 3.11. The molecule has 0 aromatic carbocycles. The van der Waals surface area contributed by atoms with E-state index >= 15 is 0 Å². The molecule has 1 aromatic rings. The third-order valence-corrected chi connectivity index (χ3v) is 1.86. The number of carboxylic acid groups (broad SMARTS) is 1. The molecule has 4 nitrogen and oxygen atoms in total. The van der Waals surface area contributed by atoms with Gasteiger partial charge in [-0.1, -0.05) is 0 Å². The van der Waals surface area contributed by atoms with E-state index in [9.17, 15) is 18.0 Å². The van der Waals surface area contributed by atoms with Crippen molar-refractivity contribution >= 4 is 11.7 Å². The highest BCUT2D eigenvalue weighted by atomic mass is 19.4. The first-order chi connectivity index (χ1) is 7.31. The van der Waals surface area contributed by atoms with Crippen LogP contribution < -0.4 is 4.90 Å². The minimum absolute atomic E-state index is 0.0141. The summed E-state index contributed by atoms with van der Waals surface area (Å²) < 4.78 is 36.4. The number of aromatic carboxylic acids is 1. The van der Waals surface area contributed by atoms with Crippen LogP contribution in [0.4, 0.5) is 18.9 Å². The molecule has 0 bridgehead atoms. The molecule has 0 fully saturated rings. The van der Waals surface area contributed by atoms with Crippen molar-refractivity contribution in [2.24, 2.45) is 0 Å². The average Bonchev–Trinajstić information content (AvgIpc) is 2.15. The maximum absolute atomic E-state index is 12.1. The summed E-state index contributed by atoms with van der Waals surface area (Å²) in [5, 5.41) is 8.76. The number of aromatic nitrogens is 1. The van der Waals surface area contributed by atoms with Crippen LogP contribution in [0.2, 0.25) is 0 Å². The Morgan fingerprint density at radius 1 is 1.56 bits per heavy atom. The van der Waals surface area contributed by atoms with E-state index < -0.39 is 18.7 Å². The van der Waals surface area contributed by atoms with Crippen molar-refractivity contribution in [3.63, 3.8) is 0 Å². The molecule has 7 heteroatoms. The lowest BCUT2D eigenvalue weighted by Gasteiger charge is -2.22. The number of nitrogens with zero attached hydrogens (tertiary/aromatic N) is 2. The van der Waals surface area contributed by atoms with Crippen LogP contribution in [0.25, 0.3) is 0 Å². The molecule has 1 N–H and O–H groups in total. The number of alkyl halides is 3. The Morgan fingerprint density at radius 3 is 2.69 bits per heavy atom. The van der Waals surface area contributed by atoms with Gasteiger partial charge in [0.15, 0.2) is 0 Å². The summed E-state index contributed by atoms with van der Waals surface area (Å²) in [6.07, 6.45) is -2.12. The zero-order chi connectivity index (χ0) is 12.3. The van der Waals surface area contributed by atoms with Crippen LogP contribution >= 0.6 is 0 Å². The van der Waals surface area contributed by atoms with E-state index in [0.717, 1.165) is 11.1 Å². The summed E-state index contributed by atoms with van der Waals surface area (Å²) in [5.41, 5.74) is -0.269. The Balaban J connectivity index is 2.99. The molecule has 0 spiro atoms. The number of rotatable bonds is 3. The second-order valence-electron chi connectivity index (χ2n) is 3.17. The lowest BCUT2D eigenvalue weighted by molar-refractivity contribution is -0.119. The van der Waals surface area contributed by atoms with Crippen molar-refractivity contribution in [2.75, 3.05) is 18.5 Å². The highest BCUT2D eigenvalue weighted by Gasteiger charge is 2.30. The van der Waals surface area contributed by atoms with Crippen LogP contribution in [0.3, 0.4) is 0 Å². The fraction of sp³-hybridized carbons (Fsp3) is 0.333. The fourth-order valence-electron chi connectivity index (χ4n) is 1.24. The highest BCUT2D eigenvalue weighted by Crippen LogP contribution is 2.23. The largest absolute Gasteiger partial charge is 0.478 e. The Hall–Kier alpha value is -1.79. The average molecular weight is 234 g/mol. The summed E-state index contributed by atoms with van der Waals surface area (Å²) in [7, 11) is 1.18. The summed E-state index contributed by atoms with van der Waals surface area (Å²) >= 11 is 0. The molecular weight excluding hydrogens is 225 g/mol. The monoisotopic (exact) mass is 234 g/mol. The Morgan fingerprint density at radius 2 is 2.19 bits per heavy atom. The molecule has 1 rings (SSSR count). The second kappa shape index (κ2) is 4.38. The van der Waals surface area contributed by atoms with Gasteiger partial charge in [-0.3, -0.25) is 4.98 Å². The van der Waals surface area contributed by atoms with Crippen molar-refractivity contribution in [1.82, 2.24) is 4.98 Å². The van der Waals surface area contributed by atoms with Gasteiger partial charge in [0, 0.05) is 19.4 Å². The standard InChI is InChI=1S/C9H9F3N2O2/c1-14(5-9(10,11)12)7-2-3-13-4-6(7)8(15)16/h2-4H,5H2,1H3,(H,15,16). The molecule has 1 aromatic heterocycles. The van der Waals surface area contributed by atoms with Gasteiger partial charge in [-0.2, -0.15) is 13.2 Å². The van der Waals surface area contributed by atoms with Crippen LogP contribution in [0.1, 0.15) is 10.4 Å². The summed E-state index contributed by atoms with van der Waals surface area (Å²) in [4.78, 5) is 15.1. The summed E-state index contributed by atoms with van der Waals surface area (Å²) in [6, 6.07) is 1.23. The first-order valence-electron chi connectivity index (χ1n) is 4.26. The topological polar surface area (TPSA) is 53.4 Å². The number of carboxylic acids is 1. The van der Waals surface area contributed by atoms with Crippen LogP contribution in [0.5, 0.6) is 0 Å². The van der Waals surface area contributed by atoms with Crippen LogP contribution in [0.15, 0.2) is 18.5 Å². The number of hydrogen-bond acceptors (Lipinski definition) is 3. The molecule has 88 valence electrons. The molecule has 0 atom stereocenters. The number of carbonyl (C=O) groups is 1. The van der Waals surface area contributed by atoms with E-state index in [0.29, 0.717) is 0 Å². The van der Waals surface area contributed by atoms with Gasteiger partial charge in [0.25, 0.3) is 0 Å². The van der Waals surface area contributed by atoms with Gasteiger partial charge in [0.1, 0.15) is 12.1 Å². The van der Waals surface area contributed by atoms with Gasteiger partial charge in [0.05, 0.1) is 5.69 Å². The van der Waals surface area contributed by atoms with Crippen molar-refractivity contribution in [3.8, 4) is 0 Å². The van der Waals surface area contributed by atoms with E-state index in [2.05, 4.69) is 4.98 Å². The number of anilines is 1. The third-order valence-electron chi connectivity index (χ3n) is 1.86. The minimum Gasteiger partial charge on any atom is -0.478 e. The molecule has 0 aliphatic carbocycles. The Kier molecular flexibility index (Phi) is 3.36. The van der Waals surface area contributed by atoms with Crippen molar-refractivity contribution in [1.29, 1.82) is 0 Å². The maximum Gasteiger partial charge on any atom is 0.405 e. The van der Waals surface area contributed by atoms with E-state index in [1.54, 1.807) is 0 Å². The SMILES string of the molecule is CN(CC(F)(F)F)c1ccncc1C(=O)O. The first-order valence-corrected chi connectivity index (χ1v) is 4.26. The van der Waals surface area contributed by atoms with Gasteiger partial charge < -0.3 is 10.0 Å². The van der Waals surface area contributed by atoms with Crippen LogP contribution in [0, 0.1) is 0 Å². The van der Waals surface area contributed by atoms with Crippen LogP contribution in [-0.4, -0.2) is 35.8 Å². The molecular formula is C9H9F3N2O2. The first kappa shape index (κ1) is 12.3. The van der Waals surface area contributed by atoms with Crippen molar-refractivity contribution in [3.05, 3.63) is 24.0 Å². The summed E-state index contributed by atoms with van der Waals surface area (Å²) in [5.74, 6) is -1.31. The number of hydrogen-bond donors (Lipinski definition) is 1. The van der Waals surface area contributed by atoms with Gasteiger partial charge in [0.2, 0.25) is 0 Å². The quantitative estimate of drug-likeness (QED) is 0.866. The Labute approximate surface area is 89.3 Å². The maximum atomic E-state index is 12.1. The van der Waals surface area contributed by atoms with Crippen LogP contribution in [-0.2, 0) is 0 Å². The molecule has 0 amide bonds. The van der Waals surface area contributed by atoms with Gasteiger partial charge in [-0.15, -0.1) is 0 Å². The highest BCUT2D eigenvalue weighted by molar-refractivity contribution is 5.93. The fourth-order valence-corrected chi connectivity index (χ4v) is 1.24. The van der Waals surface area contributed by atoms with Gasteiger partial charge in [-0.05, 0) is 6.07 Å². The smallest absolute Gasteiger partial charge is 0.405 e. The predicted octanol–water partition coefficient (Wildman–Crippen LogP) is 1.78. The molecule has 0 radical (unpaired) electrons. The number of pyridine rings is 1. The zero-order valence-corrected chi connectivity index (χ0v) is 8.32. The van der Waals surface area contributed by atoms with Gasteiger partial charge in [-0.25, -0.2) is 4.79 Å². The van der Waals surface area contributed by atoms with E-state index in [1.807, 2.05) is 0 Å². The molecule has 0 saturated heterocycles. The van der Waals surface area contributed by atoms with E-state index in [4.69, 9.17) is 5.11 Å². The molecule has 0 aliphatic rings. The normalized spacial score (nSPS) is 11.2. The van der Waals surface area contributed by atoms with E-state index in [1.165, 1.54) is 19.3 Å². The lowest BCUT2D eigenvalue weighted by atomic mass is 10.2.